The van der Waals surface area contributed by atoms with Crippen LogP contribution >= 0.6 is 0 Å². The molecule has 6 rings (SSSR count). The minimum atomic E-state index is -0.256. The van der Waals surface area contributed by atoms with Gasteiger partial charge in [0.05, 0.1) is 20.2 Å². The second-order valence-electron chi connectivity index (χ2n) is 9.02. The van der Waals surface area contributed by atoms with E-state index in [1.165, 1.54) is 0 Å². The number of amides is 1. The number of imidazole rings is 1. The lowest BCUT2D eigenvalue weighted by molar-refractivity contribution is 0.0946. The Balaban J connectivity index is 1.16. The molecule has 190 valence electrons. The van der Waals surface area contributed by atoms with Crippen molar-refractivity contribution in [3.8, 4) is 17.2 Å². The molecule has 1 aliphatic rings. The van der Waals surface area contributed by atoms with Gasteiger partial charge in [-0.25, -0.2) is 9.97 Å². The number of carbonyl (C=O) groups excluding carboxylic acids is 1. The Bertz CT molecular complexity index is 1650. The maximum atomic E-state index is 13.0. The molecule has 0 fully saturated rings. The van der Waals surface area contributed by atoms with E-state index in [1.807, 2.05) is 71.3 Å². The predicted molar refractivity (Wildman–Crippen MR) is 145 cm³/mol. The molecule has 2 aromatic heterocycles. The molecule has 38 heavy (non-hydrogen) atoms. The van der Waals surface area contributed by atoms with Crippen molar-refractivity contribution < 1.29 is 14.3 Å². The molecule has 0 saturated heterocycles. The number of anilines is 2. The van der Waals surface area contributed by atoms with Crippen molar-refractivity contribution in [1.82, 2.24) is 19.9 Å². The van der Waals surface area contributed by atoms with Crippen molar-refractivity contribution in [3.05, 3.63) is 102 Å². The highest BCUT2D eigenvalue weighted by molar-refractivity contribution is 5.94. The molecule has 4 N–H and O–H groups in total. The molecule has 3 aromatic carbocycles. The van der Waals surface area contributed by atoms with Crippen LogP contribution in [0.1, 0.15) is 27.4 Å². The largest absolute Gasteiger partial charge is 0.496 e. The van der Waals surface area contributed by atoms with E-state index in [2.05, 4.69) is 20.6 Å². The zero-order valence-corrected chi connectivity index (χ0v) is 20.8. The molecule has 0 unspecified atom stereocenters. The Hall–Kier alpha value is -5.05. The molecular weight excluding hydrogens is 480 g/mol. The lowest BCUT2D eigenvalue weighted by atomic mass is 10.1. The number of nitrogens with zero attached hydrogens (tertiary/aromatic N) is 3. The van der Waals surface area contributed by atoms with E-state index in [0.29, 0.717) is 30.4 Å². The average molecular weight is 507 g/mol. The number of hydrogen-bond donors (Lipinski definition) is 3. The molecule has 0 spiro atoms. The van der Waals surface area contributed by atoms with E-state index in [1.54, 1.807) is 19.5 Å². The topological polar surface area (TPSA) is 116 Å². The number of ether oxygens (including phenoxy) is 2. The second kappa shape index (κ2) is 9.78. The van der Waals surface area contributed by atoms with E-state index in [4.69, 9.17) is 15.2 Å². The number of nitrogens with one attached hydrogen (secondary N) is 2. The number of benzene rings is 3. The summed E-state index contributed by atoms with van der Waals surface area (Å²) in [6.45, 7) is 1.37. The molecule has 0 saturated carbocycles. The van der Waals surface area contributed by atoms with Crippen LogP contribution in [0.15, 0.2) is 79.1 Å². The van der Waals surface area contributed by atoms with E-state index in [9.17, 15) is 4.79 Å². The Kier molecular flexibility index (Phi) is 6.01. The number of hydrogen-bond acceptors (Lipinski definition) is 7. The van der Waals surface area contributed by atoms with Gasteiger partial charge in [-0.05, 0) is 47.3 Å². The summed E-state index contributed by atoms with van der Waals surface area (Å²) in [5.41, 5.74) is 9.26. The first-order valence-electron chi connectivity index (χ1n) is 12.2. The fourth-order valence-electron chi connectivity index (χ4n) is 4.61. The van der Waals surface area contributed by atoms with Gasteiger partial charge in [0.1, 0.15) is 34.6 Å². The molecule has 0 radical (unpaired) electrons. The van der Waals surface area contributed by atoms with Gasteiger partial charge in [-0.15, -0.1) is 0 Å². The Morgan fingerprint density at radius 1 is 1.11 bits per heavy atom. The number of fused-ring (bicyclic) bond motifs is 3. The SMILES string of the molecule is COc1cc2c(N)nccc2cc1CNC(=O)c1cn2c(n1)CNc1cc(Oc3ccccc3)ccc1C2. The van der Waals surface area contributed by atoms with Crippen LogP contribution in [-0.4, -0.2) is 27.6 Å². The molecule has 5 aromatic rings. The molecule has 1 aliphatic heterocycles. The van der Waals surface area contributed by atoms with Crippen LogP contribution in [0.5, 0.6) is 17.2 Å². The van der Waals surface area contributed by atoms with E-state index >= 15 is 0 Å². The summed E-state index contributed by atoms with van der Waals surface area (Å²) in [4.78, 5) is 21.7. The first-order valence-corrected chi connectivity index (χ1v) is 12.2. The molecule has 0 atom stereocenters. The first-order chi connectivity index (χ1) is 18.6. The van der Waals surface area contributed by atoms with Gasteiger partial charge in [-0.3, -0.25) is 4.79 Å². The van der Waals surface area contributed by atoms with E-state index < -0.39 is 0 Å². The van der Waals surface area contributed by atoms with Crippen molar-refractivity contribution in [2.24, 2.45) is 0 Å². The Labute approximate surface area is 219 Å². The van der Waals surface area contributed by atoms with Crippen LogP contribution in [0.25, 0.3) is 10.8 Å². The summed E-state index contributed by atoms with van der Waals surface area (Å²) < 4.78 is 13.5. The van der Waals surface area contributed by atoms with Gasteiger partial charge in [0.15, 0.2) is 0 Å². The maximum absolute atomic E-state index is 13.0. The van der Waals surface area contributed by atoms with Crippen molar-refractivity contribution in [2.75, 3.05) is 18.2 Å². The highest BCUT2D eigenvalue weighted by Crippen LogP contribution is 2.30. The summed E-state index contributed by atoms with van der Waals surface area (Å²) in [7, 11) is 1.59. The maximum Gasteiger partial charge on any atom is 0.271 e. The number of nitrogens with two attached hydrogens (primary N) is 1. The number of para-hydroxylation sites is 1. The Morgan fingerprint density at radius 2 is 1.97 bits per heavy atom. The van der Waals surface area contributed by atoms with E-state index in [-0.39, 0.29) is 12.5 Å². The number of pyridine rings is 1. The van der Waals surface area contributed by atoms with Crippen LogP contribution in [0.3, 0.4) is 0 Å². The highest BCUT2D eigenvalue weighted by Gasteiger charge is 2.19. The zero-order chi connectivity index (χ0) is 26.1. The van der Waals surface area contributed by atoms with Crippen molar-refractivity contribution in [3.63, 3.8) is 0 Å². The number of aromatic nitrogens is 3. The van der Waals surface area contributed by atoms with Crippen molar-refractivity contribution in [1.29, 1.82) is 0 Å². The zero-order valence-electron chi connectivity index (χ0n) is 20.8. The Morgan fingerprint density at radius 3 is 2.82 bits per heavy atom. The van der Waals surface area contributed by atoms with Crippen molar-refractivity contribution in [2.45, 2.75) is 19.6 Å². The number of carbonyl (C=O) groups is 1. The molecule has 0 bridgehead atoms. The van der Waals surface area contributed by atoms with Gasteiger partial charge in [-0.1, -0.05) is 24.3 Å². The lowest BCUT2D eigenvalue weighted by Gasteiger charge is -2.12. The van der Waals surface area contributed by atoms with Crippen molar-refractivity contribution >= 4 is 28.2 Å². The van der Waals surface area contributed by atoms with E-state index in [0.717, 1.165) is 44.9 Å². The minimum absolute atomic E-state index is 0.256. The van der Waals surface area contributed by atoms with Gasteiger partial charge in [0.2, 0.25) is 0 Å². The summed E-state index contributed by atoms with van der Waals surface area (Å²) in [5, 5.41) is 8.13. The monoisotopic (exact) mass is 506 g/mol. The van der Waals surface area contributed by atoms with Crippen LogP contribution in [0.4, 0.5) is 11.5 Å². The van der Waals surface area contributed by atoms with Gasteiger partial charge < -0.3 is 30.4 Å². The normalized spacial score (nSPS) is 12.1. The first kappa shape index (κ1) is 23.4. The summed E-state index contributed by atoms with van der Waals surface area (Å²) in [6.07, 6.45) is 3.45. The second-order valence-corrected chi connectivity index (χ2v) is 9.02. The number of methoxy groups -OCH3 is 1. The fourth-order valence-corrected chi connectivity index (χ4v) is 4.61. The minimum Gasteiger partial charge on any atom is -0.496 e. The molecular formula is C29H26N6O3. The standard InChI is InChI=1S/C29H26N6O3/c1-37-26-13-23-18(9-10-31-28(23)30)11-20(26)14-33-29(36)25-17-35-16-19-7-8-22(38-21-5-3-2-4-6-21)12-24(19)32-15-27(35)34-25/h2-13,17,32H,14-16H2,1H3,(H2,30,31)(H,33,36). The van der Waals surface area contributed by atoms with Crippen LogP contribution < -0.4 is 25.8 Å². The highest BCUT2D eigenvalue weighted by atomic mass is 16.5. The van der Waals surface area contributed by atoms with Gasteiger partial charge in [-0.2, -0.15) is 0 Å². The molecule has 1 amide bonds. The third-order valence-electron chi connectivity index (χ3n) is 6.57. The number of nitrogen functional groups attached to an aromatic ring is 1. The fraction of sp³-hybridized carbons (Fsp3) is 0.138. The third kappa shape index (κ3) is 4.57. The van der Waals surface area contributed by atoms with Gasteiger partial charge >= 0.3 is 0 Å². The average Bonchev–Trinajstić information content (AvgIpc) is 3.26. The summed E-state index contributed by atoms with van der Waals surface area (Å²) >= 11 is 0. The summed E-state index contributed by atoms with van der Waals surface area (Å²) in [5.74, 6) is 3.13. The predicted octanol–water partition coefficient (Wildman–Crippen LogP) is 4.72. The molecule has 0 aliphatic carbocycles. The van der Waals surface area contributed by atoms with Crippen LogP contribution in [0, 0.1) is 0 Å². The molecule has 9 nitrogen and oxygen atoms in total. The summed E-state index contributed by atoms with van der Waals surface area (Å²) in [6, 6.07) is 21.3. The molecule has 3 heterocycles. The number of rotatable bonds is 6. The molecule has 9 heteroatoms. The van der Waals surface area contributed by atoms with Gasteiger partial charge in [0, 0.05) is 41.6 Å². The van der Waals surface area contributed by atoms with Gasteiger partial charge in [0.25, 0.3) is 5.91 Å². The van der Waals surface area contributed by atoms with Crippen LogP contribution in [-0.2, 0) is 19.6 Å². The smallest absolute Gasteiger partial charge is 0.271 e. The quantitative estimate of drug-likeness (QED) is 0.305. The lowest BCUT2D eigenvalue weighted by Crippen LogP contribution is -2.23. The van der Waals surface area contributed by atoms with Crippen LogP contribution in [0.2, 0.25) is 0 Å². The third-order valence-corrected chi connectivity index (χ3v) is 6.57.